The van der Waals surface area contributed by atoms with Crippen LogP contribution >= 0.6 is 15.9 Å². The molecule has 0 fully saturated rings. The number of ether oxygens (including phenoxy) is 1. The van der Waals surface area contributed by atoms with Crippen molar-refractivity contribution in [2.75, 3.05) is 12.4 Å². The molecule has 2 heterocycles. The third-order valence-corrected chi connectivity index (χ3v) is 5.12. The Kier molecular flexibility index (Phi) is 4.62. The molecule has 0 spiro atoms. The topological polar surface area (TPSA) is 82.3 Å². The van der Waals surface area contributed by atoms with Crippen molar-refractivity contribution in [3.8, 4) is 0 Å². The number of halogens is 1. The lowest BCUT2D eigenvalue weighted by Gasteiger charge is -2.30. The number of hydrogen-bond donors (Lipinski definition) is 1. The molecule has 1 unspecified atom stereocenters. The van der Waals surface area contributed by atoms with Crippen LogP contribution in [0.4, 0.5) is 5.82 Å². The average Bonchev–Trinajstić information content (AvgIpc) is 2.63. The zero-order valence-corrected chi connectivity index (χ0v) is 16.4. The molecule has 1 aliphatic heterocycles. The molecule has 0 saturated carbocycles. The van der Waals surface area contributed by atoms with Crippen molar-refractivity contribution in [1.29, 1.82) is 0 Å². The molecule has 1 N–H and O–H groups in total. The summed E-state index contributed by atoms with van der Waals surface area (Å²) in [5, 5.41) is 3.03. The second-order valence-corrected chi connectivity index (χ2v) is 7.02. The highest BCUT2D eigenvalue weighted by Crippen LogP contribution is 2.40. The van der Waals surface area contributed by atoms with Crippen molar-refractivity contribution in [3.05, 3.63) is 72.0 Å². The first-order chi connectivity index (χ1) is 12.3. The number of methoxy groups -OCH3 is 1. The fraction of sp³-hybridized carbons (Fsp3) is 0.278. The van der Waals surface area contributed by atoms with E-state index in [1.54, 1.807) is 14.0 Å². The lowest BCUT2D eigenvalue weighted by atomic mass is 9.82. The quantitative estimate of drug-likeness (QED) is 0.751. The Morgan fingerprint density at radius 2 is 1.77 bits per heavy atom. The van der Waals surface area contributed by atoms with Crippen molar-refractivity contribution in [2.24, 2.45) is 14.1 Å². The Bertz CT molecular complexity index is 1050. The highest BCUT2D eigenvalue weighted by Gasteiger charge is 2.37. The lowest BCUT2D eigenvalue weighted by Crippen LogP contribution is -2.43. The lowest BCUT2D eigenvalue weighted by molar-refractivity contribution is -0.136. The summed E-state index contributed by atoms with van der Waals surface area (Å²) >= 11 is 3.39. The van der Waals surface area contributed by atoms with E-state index >= 15 is 0 Å². The fourth-order valence-electron chi connectivity index (χ4n) is 3.26. The van der Waals surface area contributed by atoms with Crippen LogP contribution < -0.4 is 16.6 Å². The van der Waals surface area contributed by atoms with Gasteiger partial charge < -0.3 is 10.1 Å². The van der Waals surface area contributed by atoms with Gasteiger partial charge >= 0.3 is 11.7 Å². The first kappa shape index (κ1) is 18.2. The predicted octanol–water partition coefficient (Wildman–Crippen LogP) is 1.85. The van der Waals surface area contributed by atoms with Crippen LogP contribution in [-0.4, -0.2) is 22.2 Å². The minimum Gasteiger partial charge on any atom is -0.466 e. The molecule has 0 amide bonds. The number of esters is 1. The molecule has 1 aliphatic rings. The molecule has 7 nitrogen and oxygen atoms in total. The Balaban J connectivity index is 2.41. The van der Waals surface area contributed by atoms with Gasteiger partial charge in [-0.1, -0.05) is 28.1 Å². The zero-order valence-electron chi connectivity index (χ0n) is 14.8. The Morgan fingerprint density at radius 1 is 1.15 bits per heavy atom. The molecule has 1 aromatic heterocycles. The van der Waals surface area contributed by atoms with Gasteiger partial charge in [-0.2, -0.15) is 0 Å². The molecule has 0 bridgehead atoms. The first-order valence-corrected chi connectivity index (χ1v) is 8.68. The van der Waals surface area contributed by atoms with Crippen LogP contribution in [0.1, 0.15) is 24.0 Å². The Labute approximate surface area is 158 Å². The van der Waals surface area contributed by atoms with Gasteiger partial charge in [-0.15, -0.1) is 0 Å². The van der Waals surface area contributed by atoms with Crippen molar-refractivity contribution >= 4 is 27.7 Å². The van der Waals surface area contributed by atoms with Gasteiger partial charge in [-0.3, -0.25) is 13.9 Å². The van der Waals surface area contributed by atoms with Crippen LogP contribution in [0, 0.1) is 0 Å². The molecule has 2 aromatic rings. The second-order valence-electron chi connectivity index (χ2n) is 6.11. The largest absolute Gasteiger partial charge is 0.466 e. The summed E-state index contributed by atoms with van der Waals surface area (Å²) in [5.41, 5.74) is 1.09. The third-order valence-electron chi connectivity index (χ3n) is 4.60. The van der Waals surface area contributed by atoms with E-state index in [1.807, 2.05) is 24.3 Å². The maximum Gasteiger partial charge on any atom is 0.336 e. The van der Waals surface area contributed by atoms with Gasteiger partial charge in [0.2, 0.25) is 0 Å². The molecule has 26 heavy (non-hydrogen) atoms. The molecule has 0 aliphatic carbocycles. The summed E-state index contributed by atoms with van der Waals surface area (Å²) in [7, 11) is 4.31. The van der Waals surface area contributed by atoms with E-state index in [2.05, 4.69) is 21.2 Å². The maximum atomic E-state index is 12.9. The smallest absolute Gasteiger partial charge is 0.336 e. The normalized spacial score (nSPS) is 16.1. The Hall–Kier alpha value is -2.61. The first-order valence-electron chi connectivity index (χ1n) is 7.89. The minimum atomic E-state index is -0.641. The minimum absolute atomic E-state index is 0.336. The molecule has 1 atom stereocenters. The number of carbonyl (C=O) groups is 1. The summed E-state index contributed by atoms with van der Waals surface area (Å²) in [6.07, 6.45) is 0. The number of allylic oxidation sites excluding steroid dienone is 1. The van der Waals surface area contributed by atoms with Crippen LogP contribution in [0.15, 0.2) is 49.6 Å². The second kappa shape index (κ2) is 6.60. The molecule has 0 saturated heterocycles. The Morgan fingerprint density at radius 3 is 2.35 bits per heavy atom. The van der Waals surface area contributed by atoms with Crippen LogP contribution in [-0.2, 0) is 23.6 Å². The fourth-order valence-corrected chi connectivity index (χ4v) is 3.52. The van der Waals surface area contributed by atoms with Crippen molar-refractivity contribution in [2.45, 2.75) is 12.8 Å². The van der Waals surface area contributed by atoms with Crippen LogP contribution in [0.3, 0.4) is 0 Å². The molecule has 136 valence electrons. The number of hydrogen-bond acceptors (Lipinski definition) is 5. The van der Waals surface area contributed by atoms with Gasteiger partial charge in [0.15, 0.2) is 0 Å². The molecular weight excluding hydrogens is 402 g/mol. The molecule has 3 rings (SSSR count). The number of nitrogens with one attached hydrogen (secondary N) is 1. The van der Waals surface area contributed by atoms with Gasteiger partial charge in [-0.05, 0) is 24.6 Å². The average molecular weight is 420 g/mol. The zero-order chi connectivity index (χ0) is 19.2. The monoisotopic (exact) mass is 419 g/mol. The molecular formula is C18H18BrN3O4. The summed E-state index contributed by atoms with van der Waals surface area (Å²) in [5.74, 6) is -0.780. The number of carbonyl (C=O) groups excluding carboxylic acids is 1. The van der Waals surface area contributed by atoms with E-state index in [9.17, 15) is 14.4 Å². The van der Waals surface area contributed by atoms with E-state index < -0.39 is 23.1 Å². The van der Waals surface area contributed by atoms with E-state index in [4.69, 9.17) is 4.74 Å². The van der Waals surface area contributed by atoms with Crippen molar-refractivity contribution < 1.29 is 9.53 Å². The van der Waals surface area contributed by atoms with Crippen molar-refractivity contribution in [1.82, 2.24) is 9.13 Å². The van der Waals surface area contributed by atoms with Gasteiger partial charge in [-0.25, -0.2) is 9.59 Å². The van der Waals surface area contributed by atoms with Crippen LogP contribution in [0.5, 0.6) is 0 Å². The summed E-state index contributed by atoms with van der Waals surface area (Å²) in [6, 6.07) is 7.36. The predicted molar refractivity (Wildman–Crippen MR) is 101 cm³/mol. The number of aromatic nitrogens is 2. The molecule has 8 heteroatoms. The van der Waals surface area contributed by atoms with Gasteiger partial charge in [0, 0.05) is 24.3 Å². The third kappa shape index (κ3) is 2.70. The van der Waals surface area contributed by atoms with E-state index in [0.717, 1.165) is 14.6 Å². The van der Waals surface area contributed by atoms with Gasteiger partial charge in [0.1, 0.15) is 5.82 Å². The number of fused-ring (bicyclic) bond motifs is 1. The molecule has 0 radical (unpaired) electrons. The number of nitrogens with zero attached hydrogens (tertiary/aromatic N) is 2. The van der Waals surface area contributed by atoms with Gasteiger partial charge in [0.05, 0.1) is 24.2 Å². The highest BCUT2D eigenvalue weighted by molar-refractivity contribution is 9.10. The SMILES string of the molecule is COC(=O)C1=C(C)Nc2c(c(=O)n(C)c(=O)n2C)C1c1ccc(Br)cc1. The van der Waals surface area contributed by atoms with E-state index in [0.29, 0.717) is 22.7 Å². The molecule has 1 aromatic carbocycles. The van der Waals surface area contributed by atoms with Crippen LogP contribution in [0.2, 0.25) is 0 Å². The number of rotatable bonds is 2. The van der Waals surface area contributed by atoms with Crippen LogP contribution in [0.25, 0.3) is 0 Å². The summed E-state index contributed by atoms with van der Waals surface area (Å²) in [4.78, 5) is 37.7. The van der Waals surface area contributed by atoms with E-state index in [-0.39, 0.29) is 0 Å². The number of benzene rings is 1. The highest BCUT2D eigenvalue weighted by atomic mass is 79.9. The maximum absolute atomic E-state index is 12.9. The number of anilines is 1. The van der Waals surface area contributed by atoms with Crippen molar-refractivity contribution in [3.63, 3.8) is 0 Å². The van der Waals surface area contributed by atoms with Gasteiger partial charge in [0.25, 0.3) is 5.56 Å². The summed E-state index contributed by atoms with van der Waals surface area (Å²) in [6.45, 7) is 1.73. The standard InChI is InChI=1S/C18H18BrN3O4/c1-9-12(17(24)26-4)13(10-5-7-11(19)8-6-10)14-15(20-9)21(2)18(25)22(3)16(14)23/h5-8,13,20H,1-4H3. The van der Waals surface area contributed by atoms with E-state index in [1.165, 1.54) is 18.7 Å². The summed E-state index contributed by atoms with van der Waals surface area (Å²) < 4.78 is 8.25.